The Bertz CT molecular complexity index is 2850. The van der Waals surface area contributed by atoms with Crippen molar-refractivity contribution in [2.24, 2.45) is 7.05 Å². The van der Waals surface area contributed by atoms with Crippen molar-refractivity contribution in [2.75, 3.05) is 4.90 Å². The van der Waals surface area contributed by atoms with Crippen molar-refractivity contribution in [3.63, 3.8) is 0 Å². The Labute approximate surface area is 307 Å². The summed E-state index contributed by atoms with van der Waals surface area (Å²) in [6.45, 7) is 4.64. The van der Waals surface area contributed by atoms with Gasteiger partial charge in [-0.15, -0.1) is 0 Å². The maximum Gasteiger partial charge on any atom is 0.150 e. The molecule has 0 bridgehead atoms. The standard InChI is InChI=1S/C47H36FN5/c1-47(2)35-18-7-9-20-37(35)52(33-16-5-4-6-17-33)40-26-25-39-43(44(40)47)34-24-23-31(29-41(34)53(39)42-22-11-12-27-49-42)45(48)30-14-13-15-32(28-30)46-50-36-19-8-10-21-38(36)51(46)3/h4-29,45H,1-3H3. The van der Waals surface area contributed by atoms with Gasteiger partial charge in [0.05, 0.1) is 33.4 Å². The number of para-hydroxylation sites is 4. The summed E-state index contributed by atoms with van der Waals surface area (Å²) in [6, 6.07) is 51.5. The lowest BCUT2D eigenvalue weighted by Gasteiger charge is -2.42. The second kappa shape index (κ2) is 11.8. The molecule has 0 amide bonds. The summed E-state index contributed by atoms with van der Waals surface area (Å²) in [5.41, 5.74) is 11.5. The average molecular weight is 690 g/mol. The lowest BCUT2D eigenvalue weighted by atomic mass is 9.72. The molecule has 1 unspecified atom stereocenters. The van der Waals surface area contributed by atoms with E-state index < -0.39 is 6.17 Å². The number of benzene rings is 6. The third kappa shape index (κ3) is 4.68. The zero-order valence-corrected chi connectivity index (χ0v) is 29.7. The molecule has 3 aromatic heterocycles. The maximum atomic E-state index is 16.9. The molecule has 256 valence electrons. The van der Waals surface area contributed by atoms with Crippen molar-refractivity contribution < 1.29 is 4.39 Å². The minimum absolute atomic E-state index is 0.336. The average Bonchev–Trinajstić information content (AvgIpc) is 3.72. The van der Waals surface area contributed by atoms with Gasteiger partial charge in [-0.25, -0.2) is 14.4 Å². The summed E-state index contributed by atoms with van der Waals surface area (Å²) >= 11 is 0. The number of rotatable bonds is 5. The van der Waals surface area contributed by atoms with Crippen LogP contribution in [-0.2, 0) is 12.5 Å². The van der Waals surface area contributed by atoms with E-state index in [1.807, 2.05) is 86.0 Å². The van der Waals surface area contributed by atoms with E-state index in [0.717, 1.165) is 61.4 Å². The van der Waals surface area contributed by atoms with E-state index in [-0.39, 0.29) is 5.41 Å². The predicted octanol–water partition coefficient (Wildman–Crippen LogP) is 11.9. The Morgan fingerprint density at radius 3 is 2.25 bits per heavy atom. The van der Waals surface area contributed by atoms with Crippen LogP contribution in [0.2, 0.25) is 0 Å². The van der Waals surface area contributed by atoms with Gasteiger partial charge in [0, 0.05) is 40.7 Å². The lowest BCUT2D eigenvalue weighted by Crippen LogP contribution is -2.30. The van der Waals surface area contributed by atoms with Crippen LogP contribution in [0.5, 0.6) is 0 Å². The van der Waals surface area contributed by atoms with Crippen LogP contribution in [0.3, 0.4) is 0 Å². The lowest BCUT2D eigenvalue weighted by molar-refractivity contribution is 0.402. The number of nitrogens with zero attached hydrogens (tertiary/aromatic N) is 5. The molecule has 4 heterocycles. The number of aryl methyl sites for hydroxylation is 1. The minimum Gasteiger partial charge on any atom is -0.327 e. The van der Waals surface area contributed by atoms with Gasteiger partial charge in [0.15, 0.2) is 6.17 Å². The normalized spacial score (nSPS) is 14.1. The second-order valence-electron chi connectivity index (χ2n) is 14.4. The summed E-state index contributed by atoms with van der Waals surface area (Å²) in [4.78, 5) is 12.1. The van der Waals surface area contributed by atoms with Crippen molar-refractivity contribution >= 4 is 49.9 Å². The Morgan fingerprint density at radius 2 is 1.42 bits per heavy atom. The molecule has 1 aliphatic rings. The molecule has 53 heavy (non-hydrogen) atoms. The van der Waals surface area contributed by atoms with E-state index in [4.69, 9.17) is 9.97 Å². The van der Waals surface area contributed by atoms with Gasteiger partial charge in [-0.05, 0) is 89.0 Å². The highest BCUT2D eigenvalue weighted by Gasteiger charge is 2.39. The summed E-state index contributed by atoms with van der Waals surface area (Å²) in [6.07, 6.45) is 0.465. The Kier molecular flexibility index (Phi) is 6.92. The van der Waals surface area contributed by atoms with Gasteiger partial charge in [0.1, 0.15) is 11.6 Å². The second-order valence-corrected chi connectivity index (χ2v) is 14.4. The first-order valence-corrected chi connectivity index (χ1v) is 18.0. The molecule has 6 heteroatoms. The maximum absolute atomic E-state index is 16.9. The molecule has 0 saturated carbocycles. The van der Waals surface area contributed by atoms with Crippen molar-refractivity contribution in [3.8, 4) is 17.2 Å². The summed E-state index contributed by atoms with van der Waals surface area (Å²) < 4.78 is 21.2. The first kappa shape index (κ1) is 31.2. The molecule has 6 aromatic carbocycles. The van der Waals surface area contributed by atoms with Crippen molar-refractivity contribution in [2.45, 2.75) is 25.4 Å². The SMILES string of the molecule is Cn1c(-c2cccc(C(F)c3ccc4c5c6c(ccc5n(-c5ccccn5)c4c3)N(c3ccccc3)c3ccccc3C6(C)C)c2)nc2ccccc21. The highest BCUT2D eigenvalue weighted by atomic mass is 19.1. The smallest absolute Gasteiger partial charge is 0.150 e. The number of aromatic nitrogens is 4. The predicted molar refractivity (Wildman–Crippen MR) is 214 cm³/mol. The molecule has 0 aliphatic carbocycles. The van der Waals surface area contributed by atoms with E-state index in [2.05, 4.69) is 107 Å². The number of hydrogen-bond donors (Lipinski definition) is 0. The number of alkyl halides is 1. The highest BCUT2D eigenvalue weighted by Crippen LogP contribution is 2.55. The van der Waals surface area contributed by atoms with E-state index in [1.54, 1.807) is 0 Å². The number of halogens is 1. The fraction of sp³-hybridized carbons (Fsp3) is 0.106. The molecular formula is C47H36FN5. The summed E-state index contributed by atoms with van der Waals surface area (Å²) in [7, 11) is 2.01. The number of fused-ring (bicyclic) bond motifs is 7. The Morgan fingerprint density at radius 1 is 0.642 bits per heavy atom. The molecule has 0 spiro atoms. The van der Waals surface area contributed by atoms with E-state index >= 15 is 4.39 Å². The van der Waals surface area contributed by atoms with Crippen LogP contribution >= 0.6 is 0 Å². The largest absolute Gasteiger partial charge is 0.327 e. The van der Waals surface area contributed by atoms with Gasteiger partial charge in [-0.1, -0.05) is 98.8 Å². The van der Waals surface area contributed by atoms with Crippen molar-refractivity contribution in [3.05, 3.63) is 180 Å². The van der Waals surface area contributed by atoms with Gasteiger partial charge in [0.25, 0.3) is 0 Å². The van der Waals surface area contributed by atoms with Crippen LogP contribution in [-0.4, -0.2) is 19.1 Å². The first-order chi connectivity index (χ1) is 25.9. The minimum atomic E-state index is -1.35. The summed E-state index contributed by atoms with van der Waals surface area (Å²) in [5.74, 6) is 1.60. The molecule has 0 fully saturated rings. The van der Waals surface area contributed by atoms with Gasteiger partial charge in [0.2, 0.25) is 0 Å². The quantitative estimate of drug-likeness (QED) is 0.181. The zero-order chi connectivity index (χ0) is 35.8. The zero-order valence-electron chi connectivity index (χ0n) is 29.7. The number of imidazole rings is 1. The van der Waals surface area contributed by atoms with E-state index in [1.165, 1.54) is 16.8 Å². The third-order valence-electron chi connectivity index (χ3n) is 11.0. The number of anilines is 3. The Balaban J connectivity index is 1.19. The van der Waals surface area contributed by atoms with Crippen molar-refractivity contribution in [1.82, 2.24) is 19.1 Å². The topological polar surface area (TPSA) is 38.9 Å². The van der Waals surface area contributed by atoms with Crippen LogP contribution in [0.15, 0.2) is 158 Å². The van der Waals surface area contributed by atoms with Gasteiger partial charge in [-0.3, -0.25) is 4.57 Å². The molecule has 10 rings (SSSR count). The molecule has 1 aliphatic heterocycles. The highest BCUT2D eigenvalue weighted by molar-refractivity contribution is 6.14. The van der Waals surface area contributed by atoms with Gasteiger partial charge in [-0.2, -0.15) is 0 Å². The fourth-order valence-corrected chi connectivity index (χ4v) is 8.57. The first-order valence-electron chi connectivity index (χ1n) is 18.0. The number of pyridine rings is 1. The molecule has 5 nitrogen and oxygen atoms in total. The monoisotopic (exact) mass is 689 g/mol. The summed E-state index contributed by atoms with van der Waals surface area (Å²) in [5, 5.41) is 2.21. The van der Waals surface area contributed by atoms with Crippen LogP contribution in [0.1, 0.15) is 42.3 Å². The molecule has 9 aromatic rings. The molecular weight excluding hydrogens is 654 g/mol. The van der Waals surface area contributed by atoms with Gasteiger partial charge >= 0.3 is 0 Å². The van der Waals surface area contributed by atoms with Gasteiger partial charge < -0.3 is 9.47 Å². The van der Waals surface area contributed by atoms with E-state index in [0.29, 0.717) is 11.1 Å². The van der Waals surface area contributed by atoms with Crippen LogP contribution < -0.4 is 4.90 Å². The number of hydrogen-bond acceptors (Lipinski definition) is 3. The van der Waals surface area contributed by atoms with Crippen LogP contribution in [0.4, 0.5) is 21.5 Å². The molecule has 0 radical (unpaired) electrons. The molecule has 1 atom stereocenters. The molecule has 0 saturated heterocycles. The van der Waals surface area contributed by atoms with Crippen molar-refractivity contribution in [1.29, 1.82) is 0 Å². The molecule has 0 N–H and O–H groups in total. The Hall–Kier alpha value is -6.53. The van der Waals surface area contributed by atoms with E-state index in [9.17, 15) is 0 Å². The van der Waals surface area contributed by atoms with Crippen LogP contribution in [0, 0.1) is 0 Å². The fourth-order valence-electron chi connectivity index (χ4n) is 8.57. The third-order valence-corrected chi connectivity index (χ3v) is 11.0. The van der Waals surface area contributed by atoms with Crippen LogP contribution in [0.25, 0.3) is 50.0 Å².